The number of nitrogens with zero attached hydrogens (tertiary/aromatic N) is 1. The van der Waals surface area contributed by atoms with E-state index in [2.05, 4.69) is 57.0 Å². The van der Waals surface area contributed by atoms with Gasteiger partial charge in [-0.15, -0.1) is 11.3 Å². The minimum absolute atomic E-state index is 0.161. The van der Waals surface area contributed by atoms with Gasteiger partial charge in [0, 0.05) is 11.8 Å². The zero-order valence-corrected chi connectivity index (χ0v) is 25.1. The molecule has 5 heteroatoms. The van der Waals surface area contributed by atoms with E-state index in [0.717, 1.165) is 41.8 Å². The average molecular weight is 552 g/mol. The summed E-state index contributed by atoms with van der Waals surface area (Å²) in [6.07, 6.45) is 19.7. The van der Waals surface area contributed by atoms with Crippen molar-refractivity contribution in [3.05, 3.63) is 63.7 Å². The van der Waals surface area contributed by atoms with Gasteiger partial charge in [-0.2, -0.15) is 0 Å². The van der Waals surface area contributed by atoms with Crippen LogP contribution >= 0.6 is 11.3 Å². The number of aliphatic hydroxyl groups is 3. The molecule has 0 spiro atoms. The van der Waals surface area contributed by atoms with Crippen molar-refractivity contribution < 1.29 is 15.3 Å². The van der Waals surface area contributed by atoms with Gasteiger partial charge in [-0.25, -0.2) is 4.98 Å². The second-order valence-corrected chi connectivity index (χ2v) is 14.1. The first-order valence-corrected chi connectivity index (χ1v) is 16.3. The lowest BCUT2D eigenvalue weighted by Crippen LogP contribution is -2.35. The van der Waals surface area contributed by atoms with Crippen molar-refractivity contribution in [1.82, 2.24) is 4.98 Å². The number of fused-ring (bicyclic) bond motifs is 1. The molecule has 4 aliphatic rings. The maximum Gasteiger partial charge on any atom is 0.102 e. The molecule has 4 fully saturated rings. The summed E-state index contributed by atoms with van der Waals surface area (Å²) in [5.74, 6) is 1.60. The minimum atomic E-state index is -0.637. The maximum absolute atomic E-state index is 11.3. The van der Waals surface area contributed by atoms with Gasteiger partial charge in [0.15, 0.2) is 0 Å². The minimum Gasteiger partial charge on any atom is -0.393 e. The van der Waals surface area contributed by atoms with Gasteiger partial charge in [0.25, 0.3) is 0 Å². The number of unbranched alkanes of at least 4 members (excludes halogenated alkanes) is 1. The lowest BCUT2D eigenvalue weighted by molar-refractivity contribution is 0.0862. The Bertz CT molecular complexity index is 1130. The summed E-state index contributed by atoms with van der Waals surface area (Å²) in [6, 6.07) is 0. The van der Waals surface area contributed by atoms with Crippen molar-refractivity contribution in [3.8, 4) is 0 Å². The van der Waals surface area contributed by atoms with E-state index in [-0.39, 0.29) is 10.8 Å². The van der Waals surface area contributed by atoms with Crippen LogP contribution in [0.2, 0.25) is 0 Å². The van der Waals surface area contributed by atoms with Gasteiger partial charge in [-0.3, -0.25) is 0 Å². The summed E-state index contributed by atoms with van der Waals surface area (Å²) in [7, 11) is 0. The van der Waals surface area contributed by atoms with Crippen LogP contribution in [0.4, 0.5) is 0 Å². The van der Waals surface area contributed by atoms with Crippen LogP contribution in [-0.2, 0) is 11.8 Å². The molecule has 3 N–H and O–H groups in total. The Morgan fingerprint density at radius 1 is 1.18 bits per heavy atom. The van der Waals surface area contributed by atoms with Gasteiger partial charge in [0.1, 0.15) is 5.01 Å². The fourth-order valence-electron chi connectivity index (χ4n) is 7.99. The van der Waals surface area contributed by atoms with Crippen LogP contribution in [-0.4, -0.2) is 38.6 Å². The van der Waals surface area contributed by atoms with Gasteiger partial charge in [-0.05, 0) is 98.5 Å². The highest BCUT2D eigenvalue weighted by molar-refractivity contribution is 7.09. The van der Waals surface area contributed by atoms with Crippen LogP contribution in [0.1, 0.15) is 102 Å². The highest BCUT2D eigenvalue weighted by Gasteiger charge is 2.53. The predicted molar refractivity (Wildman–Crippen MR) is 161 cm³/mol. The smallest absolute Gasteiger partial charge is 0.102 e. The van der Waals surface area contributed by atoms with Crippen LogP contribution < -0.4 is 0 Å². The molecule has 0 aliphatic heterocycles. The lowest BCUT2D eigenvalue weighted by atomic mass is 9.61. The number of hydrogen-bond acceptors (Lipinski definition) is 5. The van der Waals surface area contributed by atoms with Gasteiger partial charge in [0.2, 0.25) is 0 Å². The normalized spacial score (nSPS) is 36.0. The number of thiazole rings is 1. The zero-order valence-electron chi connectivity index (χ0n) is 24.2. The summed E-state index contributed by atoms with van der Waals surface area (Å²) in [4.78, 5) is 4.93. The fourth-order valence-corrected chi connectivity index (χ4v) is 9.13. The van der Waals surface area contributed by atoms with Crippen LogP contribution in [0.15, 0.2) is 53.0 Å². The van der Waals surface area contributed by atoms with Crippen molar-refractivity contribution in [2.24, 2.45) is 23.2 Å². The molecule has 0 radical (unpaired) electrons. The third-order valence-corrected chi connectivity index (χ3v) is 11.8. The topological polar surface area (TPSA) is 73.6 Å². The van der Waals surface area contributed by atoms with Crippen molar-refractivity contribution in [3.63, 3.8) is 0 Å². The highest BCUT2D eigenvalue weighted by atomic mass is 32.1. The Balaban J connectivity index is 1.26. The molecule has 214 valence electrons. The molecule has 4 aliphatic carbocycles. The van der Waals surface area contributed by atoms with Crippen molar-refractivity contribution in [1.29, 1.82) is 0 Å². The van der Waals surface area contributed by atoms with E-state index in [1.165, 1.54) is 49.8 Å². The van der Waals surface area contributed by atoms with Gasteiger partial charge in [-0.1, -0.05) is 63.6 Å². The summed E-state index contributed by atoms with van der Waals surface area (Å²) >= 11 is 1.74. The van der Waals surface area contributed by atoms with Crippen LogP contribution in [0, 0.1) is 23.2 Å². The van der Waals surface area contributed by atoms with Gasteiger partial charge < -0.3 is 15.3 Å². The Labute approximate surface area is 239 Å². The molecule has 7 atom stereocenters. The van der Waals surface area contributed by atoms with Gasteiger partial charge in [0.05, 0.1) is 29.4 Å². The molecule has 1 aromatic heterocycles. The van der Waals surface area contributed by atoms with Crippen LogP contribution in [0.3, 0.4) is 0 Å². The van der Waals surface area contributed by atoms with Gasteiger partial charge >= 0.3 is 0 Å². The molecule has 0 bridgehead atoms. The number of aromatic nitrogens is 1. The first-order chi connectivity index (χ1) is 18.7. The molecule has 0 aromatic carbocycles. The van der Waals surface area contributed by atoms with E-state index in [4.69, 9.17) is 4.98 Å². The molecule has 1 heterocycles. The predicted octanol–water partition coefficient (Wildman–Crippen LogP) is 7.21. The largest absolute Gasteiger partial charge is 0.393 e. The molecule has 5 rings (SSSR count). The Morgan fingerprint density at radius 3 is 2.72 bits per heavy atom. The van der Waals surface area contributed by atoms with E-state index in [1.54, 1.807) is 11.3 Å². The van der Waals surface area contributed by atoms with E-state index >= 15 is 0 Å². The number of aryl methyl sites for hydroxylation is 1. The molecule has 0 saturated heterocycles. The number of hydrogen-bond donors (Lipinski definition) is 3. The first kappa shape index (κ1) is 29.0. The molecular formula is C34H49NO3S. The van der Waals surface area contributed by atoms with Crippen molar-refractivity contribution in [2.75, 3.05) is 0 Å². The van der Waals surface area contributed by atoms with E-state index in [0.29, 0.717) is 30.6 Å². The summed E-state index contributed by atoms with van der Waals surface area (Å²) in [5, 5.41) is 35.0. The molecule has 4 saturated carbocycles. The monoisotopic (exact) mass is 551 g/mol. The molecule has 0 amide bonds. The van der Waals surface area contributed by atoms with Crippen molar-refractivity contribution >= 4 is 11.3 Å². The maximum atomic E-state index is 11.3. The molecule has 0 unspecified atom stereocenters. The highest BCUT2D eigenvalue weighted by Crippen LogP contribution is 2.60. The second kappa shape index (κ2) is 11.8. The molecular weight excluding hydrogens is 502 g/mol. The van der Waals surface area contributed by atoms with E-state index in [1.807, 2.05) is 0 Å². The van der Waals surface area contributed by atoms with E-state index < -0.39 is 18.3 Å². The second-order valence-electron chi connectivity index (χ2n) is 13.3. The zero-order chi connectivity index (χ0) is 27.8. The molecule has 4 nitrogen and oxygen atoms in total. The third-order valence-electron chi connectivity index (χ3n) is 10.7. The van der Waals surface area contributed by atoms with Crippen LogP contribution in [0.5, 0.6) is 0 Å². The summed E-state index contributed by atoms with van der Waals surface area (Å²) < 4.78 is 0. The molecule has 1 aromatic rings. The third kappa shape index (κ3) is 5.80. The Morgan fingerprint density at radius 2 is 1.97 bits per heavy atom. The quantitative estimate of drug-likeness (QED) is 0.284. The van der Waals surface area contributed by atoms with Crippen molar-refractivity contribution in [2.45, 2.75) is 122 Å². The SMILES string of the molecule is C=C1/C(=C\C=C2/CCC[C@]3(C)[C@@H]([C@@H](C)/C=C/[C@@H](O)C4(c5nc(CCCC)cs5)CC4)CC[C@@H]23)C[C@@H](O)C[C@@H]1O. The average Bonchev–Trinajstić information content (AvgIpc) is 3.44. The first-order valence-electron chi connectivity index (χ1n) is 15.4. The summed E-state index contributed by atoms with van der Waals surface area (Å²) in [6.45, 7) is 11.2. The number of rotatable bonds is 9. The Hall–Kier alpha value is -1.53. The van der Waals surface area contributed by atoms with E-state index in [9.17, 15) is 15.3 Å². The van der Waals surface area contributed by atoms with Crippen LogP contribution in [0.25, 0.3) is 0 Å². The Kier molecular flexibility index (Phi) is 8.74. The standard InChI is InChI=1S/C34H49NO3S/c1-5-6-9-26-21-39-32(35-26)34(17-18-34)31(38)15-10-22(2)28-13-14-29-24(8-7-16-33(28,29)4)11-12-25-19-27(36)20-30(37)23(25)3/h10-12,15,21-22,27-31,36-38H,3,5-9,13-14,16-20H2,1-2,4H3/b15-10+,24-11+,25-12-/t22-,27+,28+,29-,30-,31+,33+/m0/s1. The lowest BCUT2D eigenvalue weighted by Gasteiger charge is -2.44. The number of aliphatic hydroxyl groups excluding tert-OH is 3. The molecule has 39 heavy (non-hydrogen) atoms. The summed E-state index contributed by atoms with van der Waals surface area (Å²) in [5.41, 5.74) is 4.58. The number of allylic oxidation sites excluding steroid dienone is 4. The fraction of sp³-hybridized carbons (Fsp3) is 0.676.